The molecule has 2 rings (SSSR count). The molecule has 0 saturated carbocycles. The van der Waals surface area contributed by atoms with Gasteiger partial charge < -0.3 is 10.6 Å². The Morgan fingerprint density at radius 1 is 1.50 bits per heavy atom. The van der Waals surface area contributed by atoms with Crippen LogP contribution in [0.4, 0.5) is 5.82 Å². The van der Waals surface area contributed by atoms with Crippen molar-refractivity contribution in [1.29, 1.82) is 0 Å². The topological polar surface area (TPSA) is 54.0 Å². The van der Waals surface area contributed by atoms with Crippen molar-refractivity contribution in [2.45, 2.75) is 32.2 Å². The summed E-state index contributed by atoms with van der Waals surface area (Å²) in [5, 5.41) is 6.05. The van der Waals surface area contributed by atoms with Crippen LogP contribution >= 0.6 is 0 Å². The molecule has 1 saturated heterocycles. The van der Waals surface area contributed by atoms with E-state index in [2.05, 4.69) is 15.6 Å². The number of pyridine rings is 1. The molecule has 4 heteroatoms. The third-order valence-corrected chi connectivity index (χ3v) is 2.77. The minimum absolute atomic E-state index is 0.0257. The summed E-state index contributed by atoms with van der Waals surface area (Å²) in [7, 11) is 0. The van der Waals surface area contributed by atoms with Gasteiger partial charge in [-0.05, 0) is 38.4 Å². The van der Waals surface area contributed by atoms with E-state index in [1.165, 1.54) is 0 Å². The smallest absolute Gasteiger partial charge is 0.242 e. The Morgan fingerprint density at radius 2 is 2.38 bits per heavy atom. The average molecular weight is 219 g/mol. The van der Waals surface area contributed by atoms with Crippen LogP contribution in [-0.2, 0) is 4.79 Å². The van der Waals surface area contributed by atoms with Crippen LogP contribution in [0.1, 0.15) is 25.0 Å². The number of aryl methyl sites for hydroxylation is 1. The van der Waals surface area contributed by atoms with Crippen molar-refractivity contribution in [3.8, 4) is 0 Å². The minimum Gasteiger partial charge on any atom is -0.309 e. The van der Waals surface area contributed by atoms with E-state index in [1.807, 2.05) is 25.1 Å². The van der Waals surface area contributed by atoms with Gasteiger partial charge in [0.1, 0.15) is 5.82 Å². The third kappa shape index (κ3) is 2.79. The first kappa shape index (κ1) is 11.1. The van der Waals surface area contributed by atoms with Gasteiger partial charge in [0.2, 0.25) is 5.91 Å². The Balaban J connectivity index is 1.96. The number of rotatable bonds is 2. The van der Waals surface area contributed by atoms with Gasteiger partial charge in [0.25, 0.3) is 0 Å². The number of anilines is 1. The summed E-state index contributed by atoms with van der Waals surface area (Å²) in [4.78, 5) is 16.1. The molecule has 0 bridgehead atoms. The van der Waals surface area contributed by atoms with Gasteiger partial charge in [-0.1, -0.05) is 12.5 Å². The molecule has 16 heavy (non-hydrogen) atoms. The molecule has 0 radical (unpaired) electrons. The molecule has 1 aromatic rings. The number of hydrogen-bond donors (Lipinski definition) is 2. The Kier molecular flexibility index (Phi) is 3.51. The maximum atomic E-state index is 11.9. The number of nitrogens with zero attached hydrogens (tertiary/aromatic N) is 1. The highest BCUT2D eigenvalue weighted by Gasteiger charge is 2.20. The van der Waals surface area contributed by atoms with E-state index in [0.29, 0.717) is 5.82 Å². The summed E-state index contributed by atoms with van der Waals surface area (Å²) in [5.41, 5.74) is 0.911. The second-order valence-electron chi connectivity index (χ2n) is 4.16. The highest BCUT2D eigenvalue weighted by molar-refractivity contribution is 5.94. The lowest BCUT2D eigenvalue weighted by molar-refractivity contribution is -0.118. The fraction of sp³-hybridized carbons (Fsp3) is 0.500. The van der Waals surface area contributed by atoms with E-state index in [1.54, 1.807) is 0 Å². The van der Waals surface area contributed by atoms with Gasteiger partial charge in [-0.15, -0.1) is 0 Å². The summed E-state index contributed by atoms with van der Waals surface area (Å²) >= 11 is 0. The molecule has 1 aliphatic rings. The largest absolute Gasteiger partial charge is 0.309 e. The fourth-order valence-corrected chi connectivity index (χ4v) is 1.90. The van der Waals surface area contributed by atoms with Crippen LogP contribution in [0.2, 0.25) is 0 Å². The van der Waals surface area contributed by atoms with E-state index in [-0.39, 0.29) is 11.9 Å². The van der Waals surface area contributed by atoms with Gasteiger partial charge in [0.05, 0.1) is 6.04 Å². The van der Waals surface area contributed by atoms with Crippen molar-refractivity contribution < 1.29 is 4.79 Å². The number of amides is 1. The summed E-state index contributed by atoms with van der Waals surface area (Å²) in [6, 6.07) is 5.56. The van der Waals surface area contributed by atoms with E-state index in [9.17, 15) is 4.79 Å². The Morgan fingerprint density at radius 3 is 3.06 bits per heavy atom. The maximum Gasteiger partial charge on any atom is 0.242 e. The molecular formula is C12H17N3O. The van der Waals surface area contributed by atoms with Gasteiger partial charge in [-0.25, -0.2) is 4.98 Å². The van der Waals surface area contributed by atoms with Crippen molar-refractivity contribution in [2.75, 3.05) is 11.9 Å². The Labute approximate surface area is 95.5 Å². The van der Waals surface area contributed by atoms with Crippen LogP contribution in [-0.4, -0.2) is 23.5 Å². The maximum absolute atomic E-state index is 11.9. The molecule has 0 aromatic carbocycles. The van der Waals surface area contributed by atoms with Crippen molar-refractivity contribution in [1.82, 2.24) is 10.3 Å². The quantitative estimate of drug-likeness (QED) is 0.792. The zero-order valence-electron chi connectivity index (χ0n) is 9.49. The normalized spacial score (nSPS) is 20.4. The lowest BCUT2D eigenvalue weighted by Crippen LogP contribution is -2.43. The summed E-state index contributed by atoms with van der Waals surface area (Å²) < 4.78 is 0. The number of carbonyl (C=O) groups is 1. The standard InChI is InChI=1S/C12H17N3O/c1-9-5-4-7-11(14-9)15-12(16)10-6-2-3-8-13-10/h4-5,7,10,13H,2-3,6,8H2,1H3,(H,14,15,16). The zero-order chi connectivity index (χ0) is 11.4. The van der Waals surface area contributed by atoms with Gasteiger partial charge >= 0.3 is 0 Å². The number of nitrogens with one attached hydrogen (secondary N) is 2. The minimum atomic E-state index is -0.0592. The van der Waals surface area contributed by atoms with E-state index < -0.39 is 0 Å². The van der Waals surface area contributed by atoms with Gasteiger partial charge in [0.15, 0.2) is 0 Å². The highest BCUT2D eigenvalue weighted by Crippen LogP contribution is 2.10. The second kappa shape index (κ2) is 5.07. The van der Waals surface area contributed by atoms with Crippen molar-refractivity contribution in [3.05, 3.63) is 23.9 Å². The van der Waals surface area contributed by atoms with Gasteiger partial charge in [-0.2, -0.15) is 0 Å². The predicted octanol–water partition coefficient (Wildman–Crippen LogP) is 1.47. The van der Waals surface area contributed by atoms with Crippen LogP contribution in [0.3, 0.4) is 0 Å². The molecule has 0 spiro atoms. The molecule has 2 N–H and O–H groups in total. The van der Waals surface area contributed by atoms with E-state index in [4.69, 9.17) is 0 Å². The molecule has 1 aromatic heterocycles. The lowest BCUT2D eigenvalue weighted by atomic mass is 10.0. The molecule has 1 unspecified atom stereocenters. The van der Waals surface area contributed by atoms with Crippen molar-refractivity contribution in [2.24, 2.45) is 0 Å². The summed E-state index contributed by atoms with van der Waals surface area (Å²) in [5.74, 6) is 0.662. The van der Waals surface area contributed by atoms with E-state index >= 15 is 0 Å². The molecule has 2 heterocycles. The van der Waals surface area contributed by atoms with Crippen molar-refractivity contribution in [3.63, 3.8) is 0 Å². The van der Waals surface area contributed by atoms with Crippen LogP contribution < -0.4 is 10.6 Å². The zero-order valence-corrected chi connectivity index (χ0v) is 9.49. The molecule has 86 valence electrons. The summed E-state index contributed by atoms with van der Waals surface area (Å²) in [6.45, 7) is 2.84. The summed E-state index contributed by atoms with van der Waals surface area (Å²) in [6.07, 6.45) is 3.19. The first-order valence-corrected chi connectivity index (χ1v) is 5.73. The molecule has 0 aliphatic carbocycles. The Bertz CT molecular complexity index is 372. The number of aromatic nitrogens is 1. The average Bonchev–Trinajstić information content (AvgIpc) is 2.30. The molecule has 1 amide bonds. The first-order valence-electron chi connectivity index (χ1n) is 5.73. The Hall–Kier alpha value is -1.42. The lowest BCUT2D eigenvalue weighted by Gasteiger charge is -2.22. The van der Waals surface area contributed by atoms with Gasteiger partial charge in [-0.3, -0.25) is 4.79 Å². The molecule has 4 nitrogen and oxygen atoms in total. The highest BCUT2D eigenvalue weighted by atomic mass is 16.2. The number of hydrogen-bond acceptors (Lipinski definition) is 3. The number of carbonyl (C=O) groups excluding carboxylic acids is 1. The SMILES string of the molecule is Cc1cccc(NC(=O)C2CCCCN2)n1. The van der Waals surface area contributed by atoms with Crippen LogP contribution in [0.15, 0.2) is 18.2 Å². The third-order valence-electron chi connectivity index (χ3n) is 2.77. The van der Waals surface area contributed by atoms with Gasteiger partial charge in [0, 0.05) is 5.69 Å². The van der Waals surface area contributed by atoms with E-state index in [0.717, 1.165) is 31.5 Å². The predicted molar refractivity (Wildman–Crippen MR) is 63.2 cm³/mol. The van der Waals surface area contributed by atoms with Crippen LogP contribution in [0.25, 0.3) is 0 Å². The van der Waals surface area contributed by atoms with Crippen LogP contribution in [0, 0.1) is 6.92 Å². The van der Waals surface area contributed by atoms with Crippen LogP contribution in [0.5, 0.6) is 0 Å². The second-order valence-corrected chi connectivity index (χ2v) is 4.16. The molecule has 1 fully saturated rings. The monoisotopic (exact) mass is 219 g/mol. The molecular weight excluding hydrogens is 202 g/mol. The number of piperidine rings is 1. The fourth-order valence-electron chi connectivity index (χ4n) is 1.90. The first-order chi connectivity index (χ1) is 7.75. The molecule has 1 atom stereocenters. The molecule has 1 aliphatic heterocycles. The van der Waals surface area contributed by atoms with Crippen molar-refractivity contribution >= 4 is 11.7 Å².